The van der Waals surface area contributed by atoms with Gasteiger partial charge in [-0.15, -0.1) is 0 Å². The van der Waals surface area contributed by atoms with Gasteiger partial charge in [0.25, 0.3) is 0 Å². The number of fused-ring (bicyclic) bond motifs is 3. The normalized spacial score (nSPS) is 11.4. The van der Waals surface area contributed by atoms with Crippen molar-refractivity contribution in [3.8, 4) is 22.3 Å². The Morgan fingerprint density at radius 3 is 2.21 bits per heavy atom. The zero-order valence-corrected chi connectivity index (χ0v) is 18.5. The summed E-state index contributed by atoms with van der Waals surface area (Å²) >= 11 is 0. The second kappa shape index (κ2) is 9.24. The Balaban J connectivity index is 1.34. The molecule has 5 rings (SSSR count). The lowest BCUT2D eigenvalue weighted by Crippen LogP contribution is -2.36. The molecule has 1 N–H and O–H groups in total. The molecule has 4 aromatic rings. The molecule has 0 radical (unpaired) electrons. The van der Waals surface area contributed by atoms with E-state index in [-0.39, 0.29) is 6.61 Å². The monoisotopic (exact) mass is 449 g/mol. The molecule has 1 aliphatic carbocycles. The summed E-state index contributed by atoms with van der Waals surface area (Å²) in [7, 11) is 0. The van der Waals surface area contributed by atoms with Crippen molar-refractivity contribution in [2.45, 2.75) is 13.0 Å². The van der Waals surface area contributed by atoms with Gasteiger partial charge in [0.05, 0.1) is 0 Å². The van der Waals surface area contributed by atoms with Crippen molar-refractivity contribution in [3.63, 3.8) is 0 Å². The van der Waals surface area contributed by atoms with Crippen molar-refractivity contribution >= 4 is 17.7 Å². The number of amides is 1. The van der Waals surface area contributed by atoms with E-state index in [9.17, 15) is 14.7 Å². The van der Waals surface area contributed by atoms with Gasteiger partial charge in [-0.3, -0.25) is 9.69 Å². The Hall–Kier alpha value is -4.38. The van der Waals surface area contributed by atoms with Crippen molar-refractivity contribution in [1.82, 2.24) is 0 Å². The predicted octanol–water partition coefficient (Wildman–Crippen LogP) is 6.15. The Bertz CT molecular complexity index is 1350. The van der Waals surface area contributed by atoms with Gasteiger partial charge in [-0.2, -0.15) is 0 Å². The smallest absolute Gasteiger partial charge is 0.415 e. The van der Waals surface area contributed by atoms with Crippen molar-refractivity contribution in [3.05, 3.63) is 114 Å². The van der Waals surface area contributed by atoms with Gasteiger partial charge >= 0.3 is 12.1 Å². The number of anilines is 1. The van der Waals surface area contributed by atoms with E-state index in [1.54, 1.807) is 12.1 Å². The van der Waals surface area contributed by atoms with Crippen LogP contribution in [0.25, 0.3) is 22.3 Å². The zero-order valence-electron chi connectivity index (χ0n) is 18.5. The number of carboxylic acid groups (broad SMARTS) is 1. The van der Waals surface area contributed by atoms with Crippen LogP contribution in [-0.4, -0.2) is 23.7 Å². The summed E-state index contributed by atoms with van der Waals surface area (Å²) in [4.78, 5) is 25.6. The molecule has 0 aliphatic heterocycles. The van der Waals surface area contributed by atoms with Crippen molar-refractivity contribution in [2.75, 3.05) is 11.4 Å². The summed E-state index contributed by atoms with van der Waals surface area (Å²) in [5, 5.41) is 9.39. The minimum Gasteiger partial charge on any atom is -0.480 e. The van der Waals surface area contributed by atoms with Gasteiger partial charge in [0, 0.05) is 5.69 Å². The third kappa shape index (κ3) is 4.28. The highest BCUT2D eigenvalue weighted by Gasteiger charge is 2.23. The Morgan fingerprint density at radius 1 is 0.765 bits per heavy atom. The lowest BCUT2D eigenvalue weighted by Gasteiger charge is -2.21. The van der Waals surface area contributed by atoms with E-state index < -0.39 is 18.6 Å². The highest BCUT2D eigenvalue weighted by atomic mass is 16.6. The van der Waals surface area contributed by atoms with E-state index in [1.807, 2.05) is 66.7 Å². The fraction of sp³-hybridized carbons (Fsp3) is 0.103. The number of hydrogen-bond donors (Lipinski definition) is 1. The lowest BCUT2D eigenvalue weighted by atomic mass is 10.0. The first kappa shape index (κ1) is 21.5. The summed E-state index contributed by atoms with van der Waals surface area (Å²) in [5.74, 6) is -1.11. The number of carboxylic acids is 1. The average Bonchev–Trinajstić information content (AvgIpc) is 3.26. The summed E-state index contributed by atoms with van der Waals surface area (Å²) in [6.07, 6.45) is 0.0990. The summed E-state index contributed by atoms with van der Waals surface area (Å²) in [5.41, 5.74) is 8.18. The third-order valence-corrected chi connectivity index (χ3v) is 6.10. The van der Waals surface area contributed by atoms with Crippen LogP contribution in [0.4, 0.5) is 10.5 Å². The SMILES string of the molecule is O=C(O)CN(C(=O)OCc1cccc2c1Cc1ccccc1-2)c1ccc(-c2ccccc2)cc1. The highest BCUT2D eigenvalue weighted by molar-refractivity contribution is 5.93. The molecule has 0 heterocycles. The maximum atomic E-state index is 13.0. The van der Waals surface area contributed by atoms with Crippen molar-refractivity contribution < 1.29 is 19.4 Å². The maximum Gasteiger partial charge on any atom is 0.415 e. The molecule has 4 aromatic carbocycles. The van der Waals surface area contributed by atoms with Crippen LogP contribution in [0, 0.1) is 0 Å². The number of carbonyl (C=O) groups is 2. The molecule has 0 saturated carbocycles. The number of carbonyl (C=O) groups excluding carboxylic acids is 1. The molecule has 0 atom stereocenters. The molecule has 34 heavy (non-hydrogen) atoms. The fourth-order valence-electron chi connectivity index (χ4n) is 4.44. The maximum absolute atomic E-state index is 13.0. The van der Waals surface area contributed by atoms with E-state index in [1.165, 1.54) is 11.1 Å². The quantitative estimate of drug-likeness (QED) is 0.337. The van der Waals surface area contributed by atoms with Gasteiger partial charge in [0.15, 0.2) is 0 Å². The van der Waals surface area contributed by atoms with Gasteiger partial charge in [-0.1, -0.05) is 84.9 Å². The molecule has 0 aromatic heterocycles. The zero-order chi connectivity index (χ0) is 23.5. The van der Waals surface area contributed by atoms with E-state index in [2.05, 4.69) is 18.2 Å². The molecular formula is C29H23NO4. The second-order valence-electron chi connectivity index (χ2n) is 8.22. The third-order valence-electron chi connectivity index (χ3n) is 6.10. The average molecular weight is 450 g/mol. The van der Waals surface area contributed by atoms with E-state index in [0.29, 0.717) is 5.69 Å². The summed E-state index contributed by atoms with van der Waals surface area (Å²) in [6, 6.07) is 31.3. The first-order valence-corrected chi connectivity index (χ1v) is 11.1. The molecule has 0 saturated heterocycles. The fourth-order valence-corrected chi connectivity index (χ4v) is 4.44. The Kier molecular flexibility index (Phi) is 5.83. The van der Waals surface area contributed by atoms with Crippen LogP contribution in [0.2, 0.25) is 0 Å². The molecule has 5 nitrogen and oxygen atoms in total. The van der Waals surface area contributed by atoms with Crippen LogP contribution < -0.4 is 4.90 Å². The lowest BCUT2D eigenvalue weighted by molar-refractivity contribution is -0.135. The number of nitrogens with zero attached hydrogens (tertiary/aromatic N) is 1. The van der Waals surface area contributed by atoms with Gasteiger partial charge < -0.3 is 9.84 Å². The van der Waals surface area contributed by atoms with Crippen LogP contribution in [0.15, 0.2) is 97.1 Å². The molecule has 0 unspecified atom stereocenters. The van der Waals surface area contributed by atoms with Crippen LogP contribution >= 0.6 is 0 Å². The van der Waals surface area contributed by atoms with Gasteiger partial charge in [-0.05, 0) is 57.5 Å². The minimum absolute atomic E-state index is 0.0776. The molecule has 0 fully saturated rings. The standard InChI is InChI=1S/C29H23NO4/c31-28(32)18-30(24-15-13-21(14-16-24)20-7-2-1-3-8-20)29(33)34-19-23-10-6-12-26-25-11-5-4-9-22(25)17-27(23)26/h1-16H,17-19H2,(H,31,32). The Morgan fingerprint density at radius 2 is 1.44 bits per heavy atom. The Labute approximate surface area is 197 Å². The van der Waals surface area contributed by atoms with Gasteiger partial charge in [0.2, 0.25) is 0 Å². The number of benzene rings is 4. The van der Waals surface area contributed by atoms with E-state index in [0.717, 1.165) is 39.1 Å². The summed E-state index contributed by atoms with van der Waals surface area (Å²) < 4.78 is 5.61. The molecular weight excluding hydrogens is 426 g/mol. The first-order chi connectivity index (χ1) is 16.6. The van der Waals surface area contributed by atoms with Crippen molar-refractivity contribution in [2.24, 2.45) is 0 Å². The first-order valence-electron chi connectivity index (χ1n) is 11.1. The summed E-state index contributed by atoms with van der Waals surface area (Å²) in [6.45, 7) is -0.407. The highest BCUT2D eigenvalue weighted by Crippen LogP contribution is 2.38. The van der Waals surface area contributed by atoms with Crippen LogP contribution in [0.1, 0.15) is 16.7 Å². The number of rotatable bonds is 6. The number of hydrogen-bond acceptors (Lipinski definition) is 3. The topological polar surface area (TPSA) is 66.8 Å². The minimum atomic E-state index is -1.11. The van der Waals surface area contributed by atoms with Crippen molar-refractivity contribution in [1.29, 1.82) is 0 Å². The molecule has 1 aliphatic rings. The second-order valence-corrected chi connectivity index (χ2v) is 8.22. The number of ether oxygens (including phenoxy) is 1. The van der Waals surface area contributed by atoms with Crippen LogP contribution in [0.5, 0.6) is 0 Å². The molecule has 0 bridgehead atoms. The predicted molar refractivity (Wildman–Crippen MR) is 132 cm³/mol. The molecule has 168 valence electrons. The van der Waals surface area contributed by atoms with Gasteiger partial charge in [0.1, 0.15) is 13.2 Å². The molecule has 0 spiro atoms. The van der Waals surface area contributed by atoms with Crippen LogP contribution in [-0.2, 0) is 22.6 Å². The molecule has 5 heteroatoms. The number of aliphatic carboxylic acids is 1. The largest absolute Gasteiger partial charge is 0.480 e. The molecule has 1 amide bonds. The van der Waals surface area contributed by atoms with Gasteiger partial charge in [-0.25, -0.2) is 4.79 Å². The van der Waals surface area contributed by atoms with Crippen LogP contribution in [0.3, 0.4) is 0 Å². The van der Waals surface area contributed by atoms with E-state index >= 15 is 0 Å². The van der Waals surface area contributed by atoms with E-state index in [4.69, 9.17) is 4.74 Å².